The first-order chi connectivity index (χ1) is 9.47. The molecule has 0 bridgehead atoms. The van der Waals surface area contributed by atoms with Crippen LogP contribution in [0, 0.1) is 0 Å². The Morgan fingerprint density at radius 2 is 1.30 bits per heavy atom. The van der Waals surface area contributed by atoms with Crippen LogP contribution in [0.25, 0.3) is 0 Å². The highest BCUT2D eigenvalue weighted by Gasteiger charge is 2.24. The zero-order chi connectivity index (χ0) is 14.6. The fourth-order valence-electron chi connectivity index (χ4n) is 2.05. The molecule has 0 aliphatic rings. The molecule has 2 aromatic rings. The Kier molecular flexibility index (Phi) is 4.51. The average Bonchev–Trinajstić information content (AvgIpc) is 2.45. The van der Waals surface area contributed by atoms with E-state index >= 15 is 0 Å². The molecule has 5 nitrogen and oxygen atoms in total. The Morgan fingerprint density at radius 3 is 1.75 bits per heavy atom. The van der Waals surface area contributed by atoms with Crippen molar-refractivity contribution in [2.75, 3.05) is 0 Å². The second-order valence-electron chi connectivity index (χ2n) is 4.49. The normalized spacial score (nSPS) is 14.7. The van der Waals surface area contributed by atoms with Gasteiger partial charge in [-0.15, -0.1) is 0 Å². The van der Waals surface area contributed by atoms with Gasteiger partial charge >= 0.3 is 0 Å². The van der Waals surface area contributed by atoms with E-state index in [0.717, 1.165) is 11.1 Å². The number of hydrogen-bond donors (Lipinski definition) is 3. The van der Waals surface area contributed by atoms with Gasteiger partial charge in [0.05, 0.1) is 12.1 Å². The largest absolute Gasteiger partial charge is 0.322 e. The van der Waals surface area contributed by atoms with Gasteiger partial charge in [0.25, 0.3) is 10.2 Å². The smallest absolute Gasteiger partial charge is 0.274 e. The predicted octanol–water partition coefficient (Wildman–Crippen LogP) is 1.22. The molecule has 2 atom stereocenters. The second-order valence-corrected chi connectivity index (χ2v) is 5.81. The minimum atomic E-state index is -3.85. The van der Waals surface area contributed by atoms with Gasteiger partial charge in [0, 0.05) is 0 Å². The molecule has 0 saturated heterocycles. The van der Waals surface area contributed by atoms with Crippen molar-refractivity contribution in [3.63, 3.8) is 0 Å². The van der Waals surface area contributed by atoms with Crippen LogP contribution >= 0.6 is 0 Å². The Bertz CT molecular complexity index is 645. The van der Waals surface area contributed by atoms with Crippen LogP contribution in [0.5, 0.6) is 0 Å². The summed E-state index contributed by atoms with van der Waals surface area (Å²) in [5.74, 6) is 0. The zero-order valence-electron chi connectivity index (χ0n) is 10.8. The molecule has 0 heterocycles. The van der Waals surface area contributed by atoms with E-state index in [1.807, 2.05) is 60.7 Å². The SMILES string of the molecule is NC(c1ccccc1)C(NS(N)(=O)=O)c1ccccc1. The molecular formula is C14H17N3O2S. The standard InChI is InChI=1S/C14H17N3O2S/c15-13(11-7-3-1-4-8-11)14(17-20(16,18)19)12-9-5-2-6-10-12/h1-10,13-14,17H,15H2,(H2,16,18,19). The molecular weight excluding hydrogens is 274 g/mol. The molecule has 0 spiro atoms. The highest BCUT2D eigenvalue weighted by atomic mass is 32.2. The maximum absolute atomic E-state index is 11.4. The number of benzene rings is 2. The molecule has 2 unspecified atom stereocenters. The number of rotatable bonds is 5. The van der Waals surface area contributed by atoms with Crippen molar-refractivity contribution in [2.24, 2.45) is 10.9 Å². The summed E-state index contributed by atoms with van der Waals surface area (Å²) in [6.45, 7) is 0. The third-order valence-corrected chi connectivity index (χ3v) is 3.58. The van der Waals surface area contributed by atoms with E-state index in [1.165, 1.54) is 0 Å². The summed E-state index contributed by atoms with van der Waals surface area (Å²) in [6, 6.07) is 17.3. The lowest BCUT2D eigenvalue weighted by molar-refractivity contribution is 0.505. The third-order valence-electron chi connectivity index (χ3n) is 2.99. The molecule has 0 aromatic heterocycles. The van der Waals surface area contributed by atoms with Gasteiger partial charge in [-0.2, -0.15) is 13.1 Å². The Balaban J connectivity index is 2.37. The first kappa shape index (κ1) is 14.7. The van der Waals surface area contributed by atoms with Crippen molar-refractivity contribution in [2.45, 2.75) is 12.1 Å². The van der Waals surface area contributed by atoms with Crippen molar-refractivity contribution < 1.29 is 8.42 Å². The van der Waals surface area contributed by atoms with Gasteiger partial charge in [-0.3, -0.25) is 0 Å². The van der Waals surface area contributed by atoms with Gasteiger partial charge in [0.2, 0.25) is 0 Å². The summed E-state index contributed by atoms with van der Waals surface area (Å²) in [7, 11) is -3.85. The van der Waals surface area contributed by atoms with Gasteiger partial charge in [-0.25, -0.2) is 5.14 Å². The number of nitrogens with two attached hydrogens (primary N) is 2. The van der Waals surface area contributed by atoms with E-state index in [2.05, 4.69) is 4.72 Å². The topological polar surface area (TPSA) is 98.2 Å². The van der Waals surface area contributed by atoms with Crippen LogP contribution in [0.3, 0.4) is 0 Å². The van der Waals surface area contributed by atoms with E-state index in [0.29, 0.717) is 0 Å². The monoisotopic (exact) mass is 291 g/mol. The Hall–Kier alpha value is -1.73. The maximum Gasteiger partial charge on any atom is 0.274 e. The van der Waals surface area contributed by atoms with Crippen LogP contribution < -0.4 is 15.6 Å². The maximum atomic E-state index is 11.4. The average molecular weight is 291 g/mol. The van der Waals surface area contributed by atoms with Gasteiger partial charge in [0.1, 0.15) is 0 Å². The molecule has 6 heteroatoms. The summed E-state index contributed by atoms with van der Waals surface area (Å²) in [5.41, 5.74) is 7.79. The molecule has 0 aliphatic heterocycles. The fraction of sp³-hybridized carbons (Fsp3) is 0.143. The highest BCUT2D eigenvalue weighted by molar-refractivity contribution is 7.87. The third kappa shape index (κ3) is 3.88. The zero-order valence-corrected chi connectivity index (χ0v) is 11.6. The van der Waals surface area contributed by atoms with E-state index in [4.69, 9.17) is 10.9 Å². The lowest BCUT2D eigenvalue weighted by Crippen LogP contribution is -2.39. The van der Waals surface area contributed by atoms with Crippen LogP contribution in [0.4, 0.5) is 0 Å². The molecule has 0 amide bonds. The van der Waals surface area contributed by atoms with Gasteiger partial charge < -0.3 is 5.73 Å². The van der Waals surface area contributed by atoms with Crippen LogP contribution in [-0.4, -0.2) is 8.42 Å². The molecule has 2 aromatic carbocycles. The quantitative estimate of drug-likeness (QED) is 0.772. The first-order valence-electron chi connectivity index (χ1n) is 6.13. The van der Waals surface area contributed by atoms with E-state index in [1.54, 1.807) is 0 Å². The van der Waals surface area contributed by atoms with Crippen LogP contribution in [0.1, 0.15) is 23.2 Å². The van der Waals surface area contributed by atoms with Gasteiger partial charge in [0.15, 0.2) is 0 Å². The number of nitrogens with one attached hydrogen (secondary N) is 1. The van der Waals surface area contributed by atoms with Crippen molar-refractivity contribution in [1.82, 2.24) is 4.72 Å². The molecule has 106 valence electrons. The molecule has 0 fully saturated rings. The van der Waals surface area contributed by atoms with Gasteiger partial charge in [-0.05, 0) is 11.1 Å². The summed E-state index contributed by atoms with van der Waals surface area (Å²) in [5, 5.41) is 5.10. The van der Waals surface area contributed by atoms with Crippen molar-refractivity contribution in [3.05, 3.63) is 71.8 Å². The van der Waals surface area contributed by atoms with Crippen LogP contribution in [-0.2, 0) is 10.2 Å². The predicted molar refractivity (Wildman–Crippen MR) is 78.8 cm³/mol. The fourth-order valence-corrected chi connectivity index (χ4v) is 2.69. The lowest BCUT2D eigenvalue weighted by Gasteiger charge is -2.24. The van der Waals surface area contributed by atoms with Crippen LogP contribution in [0.2, 0.25) is 0 Å². The van der Waals surface area contributed by atoms with Crippen molar-refractivity contribution in [1.29, 1.82) is 0 Å². The second kappa shape index (κ2) is 6.15. The van der Waals surface area contributed by atoms with Gasteiger partial charge in [-0.1, -0.05) is 60.7 Å². The first-order valence-corrected chi connectivity index (χ1v) is 7.67. The van der Waals surface area contributed by atoms with Crippen molar-refractivity contribution >= 4 is 10.2 Å². The summed E-state index contributed by atoms with van der Waals surface area (Å²) >= 11 is 0. The molecule has 0 saturated carbocycles. The highest BCUT2D eigenvalue weighted by Crippen LogP contribution is 2.26. The Labute approximate surface area is 118 Å². The minimum absolute atomic E-state index is 0.531. The Morgan fingerprint density at radius 1 is 0.850 bits per heavy atom. The van der Waals surface area contributed by atoms with E-state index in [9.17, 15) is 8.42 Å². The summed E-state index contributed by atoms with van der Waals surface area (Å²) in [6.07, 6.45) is 0. The molecule has 0 aliphatic carbocycles. The molecule has 0 radical (unpaired) electrons. The van der Waals surface area contributed by atoms with E-state index < -0.39 is 22.3 Å². The number of hydrogen-bond acceptors (Lipinski definition) is 3. The molecule has 20 heavy (non-hydrogen) atoms. The minimum Gasteiger partial charge on any atom is -0.322 e. The summed E-state index contributed by atoms with van der Waals surface area (Å²) < 4.78 is 25.1. The molecule has 2 rings (SSSR count). The summed E-state index contributed by atoms with van der Waals surface area (Å²) in [4.78, 5) is 0. The van der Waals surface area contributed by atoms with Crippen molar-refractivity contribution in [3.8, 4) is 0 Å². The lowest BCUT2D eigenvalue weighted by atomic mass is 9.95. The van der Waals surface area contributed by atoms with E-state index in [-0.39, 0.29) is 0 Å². The molecule has 5 N–H and O–H groups in total. The van der Waals surface area contributed by atoms with Crippen LogP contribution in [0.15, 0.2) is 60.7 Å².